The second kappa shape index (κ2) is 6.11. The van der Waals surface area contributed by atoms with Crippen molar-refractivity contribution in [2.24, 2.45) is 0 Å². The second-order valence-electron chi connectivity index (χ2n) is 5.15. The minimum Gasteiger partial charge on any atom is -0.478 e. The first-order valence-corrected chi connectivity index (χ1v) is 7.16. The van der Waals surface area contributed by atoms with E-state index >= 15 is 0 Å². The molecule has 0 radical (unpaired) electrons. The van der Waals surface area contributed by atoms with E-state index in [2.05, 4.69) is 15.5 Å². The van der Waals surface area contributed by atoms with Crippen LogP contribution >= 0.6 is 0 Å². The molecule has 0 saturated heterocycles. The molecule has 7 heteroatoms. The molecule has 0 bridgehead atoms. The van der Waals surface area contributed by atoms with Crippen LogP contribution in [-0.4, -0.2) is 28.3 Å². The molecule has 0 fully saturated rings. The van der Waals surface area contributed by atoms with Gasteiger partial charge in [0.25, 0.3) is 5.89 Å². The largest absolute Gasteiger partial charge is 0.478 e. The predicted molar refractivity (Wildman–Crippen MR) is 86.4 cm³/mol. The summed E-state index contributed by atoms with van der Waals surface area (Å²) in [5.74, 6) is -1.29. The molecule has 2 N–H and O–H groups in total. The molecule has 1 heterocycles. The first-order chi connectivity index (χ1) is 11.5. The van der Waals surface area contributed by atoms with E-state index in [1.807, 2.05) is 0 Å². The Bertz CT molecular complexity index is 921. The normalized spacial score (nSPS) is 10.6. The molecule has 122 valence electrons. The van der Waals surface area contributed by atoms with E-state index in [-0.39, 0.29) is 22.8 Å². The van der Waals surface area contributed by atoms with Crippen LogP contribution in [0.25, 0.3) is 22.8 Å². The molecule has 0 unspecified atom stereocenters. The van der Waals surface area contributed by atoms with Gasteiger partial charge in [0.15, 0.2) is 0 Å². The maximum Gasteiger partial charge on any atom is 0.335 e. The summed E-state index contributed by atoms with van der Waals surface area (Å²) >= 11 is 0. The average Bonchev–Trinajstić information content (AvgIpc) is 3.05. The standard InChI is InChI=1S/C17H14FN3O3/c1-9-13(19-2)7-6-12(18)14(9)16-20-15(21-24-16)10-4-3-5-11(8-10)17(22)23/h3-8,19H,1-2H3,(H,22,23). The summed E-state index contributed by atoms with van der Waals surface area (Å²) in [6.45, 7) is 1.75. The Morgan fingerprint density at radius 2 is 2.08 bits per heavy atom. The summed E-state index contributed by atoms with van der Waals surface area (Å²) in [5.41, 5.74) is 2.20. The fourth-order valence-corrected chi connectivity index (χ4v) is 2.45. The Morgan fingerprint density at radius 1 is 1.29 bits per heavy atom. The molecule has 0 amide bonds. The highest BCUT2D eigenvalue weighted by molar-refractivity contribution is 5.89. The quantitative estimate of drug-likeness (QED) is 0.761. The van der Waals surface area contributed by atoms with Gasteiger partial charge >= 0.3 is 5.97 Å². The van der Waals surface area contributed by atoms with E-state index in [1.54, 1.807) is 32.2 Å². The van der Waals surface area contributed by atoms with Gasteiger partial charge in [-0.2, -0.15) is 4.98 Å². The van der Waals surface area contributed by atoms with Crippen molar-refractivity contribution in [2.45, 2.75) is 6.92 Å². The molecule has 2 aromatic carbocycles. The van der Waals surface area contributed by atoms with Gasteiger partial charge in [-0.05, 0) is 36.8 Å². The van der Waals surface area contributed by atoms with E-state index in [9.17, 15) is 9.18 Å². The van der Waals surface area contributed by atoms with Gasteiger partial charge in [0.2, 0.25) is 5.82 Å². The summed E-state index contributed by atoms with van der Waals surface area (Å²) in [7, 11) is 1.74. The summed E-state index contributed by atoms with van der Waals surface area (Å²) in [6.07, 6.45) is 0. The number of anilines is 1. The second-order valence-corrected chi connectivity index (χ2v) is 5.15. The van der Waals surface area contributed by atoms with E-state index in [4.69, 9.17) is 9.63 Å². The van der Waals surface area contributed by atoms with Crippen LogP contribution < -0.4 is 5.32 Å². The van der Waals surface area contributed by atoms with Crippen LogP contribution in [-0.2, 0) is 0 Å². The number of carboxylic acids is 1. The SMILES string of the molecule is CNc1ccc(F)c(-c2nc(-c3cccc(C(=O)O)c3)no2)c1C. The van der Waals surface area contributed by atoms with Gasteiger partial charge in [0, 0.05) is 18.3 Å². The minimum atomic E-state index is -1.05. The molecule has 24 heavy (non-hydrogen) atoms. The highest BCUT2D eigenvalue weighted by Gasteiger charge is 2.19. The van der Waals surface area contributed by atoms with Crippen LogP contribution in [0.3, 0.4) is 0 Å². The van der Waals surface area contributed by atoms with Gasteiger partial charge in [-0.3, -0.25) is 0 Å². The summed E-state index contributed by atoms with van der Waals surface area (Å²) < 4.78 is 19.4. The van der Waals surface area contributed by atoms with Crippen molar-refractivity contribution < 1.29 is 18.8 Å². The van der Waals surface area contributed by atoms with Crippen molar-refractivity contribution in [3.8, 4) is 22.8 Å². The van der Waals surface area contributed by atoms with Gasteiger partial charge in [-0.25, -0.2) is 9.18 Å². The molecule has 6 nitrogen and oxygen atoms in total. The third kappa shape index (κ3) is 2.71. The first-order valence-electron chi connectivity index (χ1n) is 7.16. The van der Waals surface area contributed by atoms with E-state index in [0.29, 0.717) is 11.1 Å². The number of halogens is 1. The highest BCUT2D eigenvalue weighted by atomic mass is 19.1. The van der Waals surface area contributed by atoms with Crippen LogP contribution in [0.15, 0.2) is 40.9 Å². The van der Waals surface area contributed by atoms with E-state index < -0.39 is 11.8 Å². The fraction of sp³-hybridized carbons (Fsp3) is 0.118. The van der Waals surface area contributed by atoms with E-state index in [1.165, 1.54) is 18.2 Å². The van der Waals surface area contributed by atoms with Gasteiger partial charge in [-0.15, -0.1) is 0 Å². The maximum absolute atomic E-state index is 14.2. The van der Waals surface area contributed by atoms with Crippen molar-refractivity contribution in [1.82, 2.24) is 10.1 Å². The van der Waals surface area contributed by atoms with Crippen molar-refractivity contribution in [3.05, 3.63) is 53.3 Å². The smallest absolute Gasteiger partial charge is 0.335 e. The Hall–Kier alpha value is -3.22. The number of carbonyl (C=O) groups is 1. The molecule has 0 atom stereocenters. The van der Waals surface area contributed by atoms with Crippen LogP contribution in [0.2, 0.25) is 0 Å². The molecule has 3 aromatic rings. The van der Waals surface area contributed by atoms with Gasteiger partial charge in [0.05, 0.1) is 11.1 Å². The number of nitrogens with zero attached hydrogens (tertiary/aromatic N) is 2. The number of hydrogen-bond donors (Lipinski definition) is 2. The zero-order valence-electron chi connectivity index (χ0n) is 13.0. The molecule has 3 rings (SSSR count). The lowest BCUT2D eigenvalue weighted by Gasteiger charge is -2.08. The lowest BCUT2D eigenvalue weighted by Crippen LogP contribution is -1.97. The molecule has 0 saturated carbocycles. The third-order valence-electron chi connectivity index (χ3n) is 3.69. The Kier molecular flexibility index (Phi) is 3.99. The number of aromatic nitrogens is 2. The van der Waals surface area contributed by atoms with Crippen molar-refractivity contribution in [3.63, 3.8) is 0 Å². The monoisotopic (exact) mass is 327 g/mol. The molecule has 0 aliphatic heterocycles. The van der Waals surface area contributed by atoms with Crippen molar-refractivity contribution in [1.29, 1.82) is 0 Å². The first kappa shape index (κ1) is 15.7. The number of rotatable bonds is 4. The van der Waals surface area contributed by atoms with Gasteiger partial charge in [0.1, 0.15) is 5.82 Å². The van der Waals surface area contributed by atoms with Gasteiger partial charge < -0.3 is 14.9 Å². The van der Waals surface area contributed by atoms with Gasteiger partial charge in [-0.1, -0.05) is 17.3 Å². The number of hydrogen-bond acceptors (Lipinski definition) is 5. The minimum absolute atomic E-state index is 0.0397. The molecule has 0 aliphatic carbocycles. The van der Waals surface area contributed by atoms with Crippen LogP contribution in [0, 0.1) is 12.7 Å². The molecular weight excluding hydrogens is 313 g/mol. The average molecular weight is 327 g/mol. The Labute approximate surface area is 136 Å². The zero-order chi connectivity index (χ0) is 17.3. The highest BCUT2D eigenvalue weighted by Crippen LogP contribution is 2.31. The molecule has 0 aliphatic rings. The maximum atomic E-state index is 14.2. The van der Waals surface area contributed by atoms with Crippen LogP contribution in [0.1, 0.15) is 15.9 Å². The number of nitrogens with one attached hydrogen (secondary N) is 1. The van der Waals surface area contributed by atoms with Crippen LogP contribution in [0.4, 0.5) is 10.1 Å². The predicted octanol–water partition coefficient (Wildman–Crippen LogP) is 3.59. The summed E-state index contributed by atoms with van der Waals surface area (Å²) in [6, 6.07) is 9.10. The fourth-order valence-electron chi connectivity index (χ4n) is 2.45. The summed E-state index contributed by atoms with van der Waals surface area (Å²) in [4.78, 5) is 15.3. The zero-order valence-corrected chi connectivity index (χ0v) is 13.0. The number of benzene rings is 2. The lowest BCUT2D eigenvalue weighted by molar-refractivity contribution is 0.0697. The number of carboxylic acid groups (broad SMARTS) is 1. The molecular formula is C17H14FN3O3. The molecule has 0 spiro atoms. The van der Waals surface area contributed by atoms with Crippen molar-refractivity contribution in [2.75, 3.05) is 12.4 Å². The lowest BCUT2D eigenvalue weighted by atomic mass is 10.1. The van der Waals surface area contributed by atoms with Crippen molar-refractivity contribution >= 4 is 11.7 Å². The van der Waals surface area contributed by atoms with E-state index in [0.717, 1.165) is 5.69 Å². The Balaban J connectivity index is 2.06. The number of aromatic carboxylic acids is 1. The topological polar surface area (TPSA) is 88.2 Å². The van der Waals surface area contributed by atoms with Crippen LogP contribution in [0.5, 0.6) is 0 Å². The third-order valence-corrected chi connectivity index (χ3v) is 3.69. The summed E-state index contributed by atoms with van der Waals surface area (Å²) in [5, 5.41) is 15.9. The Morgan fingerprint density at radius 3 is 2.79 bits per heavy atom. The molecule has 1 aromatic heterocycles.